The molecule has 1 aliphatic rings. The van der Waals surface area contributed by atoms with E-state index in [9.17, 15) is 12.8 Å². The highest BCUT2D eigenvalue weighted by atomic mass is 32.2. The summed E-state index contributed by atoms with van der Waals surface area (Å²) in [7, 11) is -3.89. The molecule has 4 nitrogen and oxygen atoms in total. The lowest BCUT2D eigenvalue weighted by Crippen LogP contribution is -2.46. The zero-order chi connectivity index (χ0) is 15.5. The van der Waals surface area contributed by atoms with Gasteiger partial charge in [-0.15, -0.1) is 0 Å². The van der Waals surface area contributed by atoms with Crippen molar-refractivity contribution in [2.45, 2.75) is 50.0 Å². The maximum absolute atomic E-state index is 13.9. The minimum atomic E-state index is -3.89. The Hall–Kier alpha value is -0.980. The topological polar surface area (TPSA) is 72.2 Å². The molecular formula is C15H23FN2O2S. The van der Waals surface area contributed by atoms with Crippen LogP contribution < -0.4 is 10.5 Å². The Morgan fingerprint density at radius 2 is 2.00 bits per heavy atom. The largest absolute Gasteiger partial charge is 0.329 e. The number of sulfonamides is 1. The fraction of sp³-hybridized carbons (Fsp3) is 0.600. The summed E-state index contributed by atoms with van der Waals surface area (Å²) in [5.41, 5.74) is 6.15. The van der Waals surface area contributed by atoms with Gasteiger partial charge in [-0.1, -0.05) is 31.4 Å². The monoisotopic (exact) mass is 314 g/mol. The highest BCUT2D eigenvalue weighted by Gasteiger charge is 2.29. The summed E-state index contributed by atoms with van der Waals surface area (Å²) in [5.74, 6) is -0.479. The summed E-state index contributed by atoms with van der Waals surface area (Å²) in [6, 6.07) is 3.94. The molecule has 0 bridgehead atoms. The number of rotatable bonds is 5. The SMILES string of the molecule is Cc1cccc(F)c1S(=O)(=O)NC(CN)C1CCCCC1. The molecule has 0 aliphatic heterocycles. The summed E-state index contributed by atoms with van der Waals surface area (Å²) < 4.78 is 41.5. The van der Waals surface area contributed by atoms with Crippen LogP contribution in [0.25, 0.3) is 0 Å². The molecule has 0 amide bonds. The number of nitrogens with two attached hydrogens (primary N) is 1. The van der Waals surface area contributed by atoms with E-state index in [0.29, 0.717) is 5.56 Å². The molecular weight excluding hydrogens is 291 g/mol. The maximum atomic E-state index is 13.9. The van der Waals surface area contributed by atoms with Crippen molar-refractivity contribution < 1.29 is 12.8 Å². The van der Waals surface area contributed by atoms with Crippen LogP contribution in [0.1, 0.15) is 37.7 Å². The van der Waals surface area contributed by atoms with Crippen LogP contribution in [-0.4, -0.2) is 21.0 Å². The van der Waals surface area contributed by atoms with Crippen LogP contribution in [0, 0.1) is 18.7 Å². The third kappa shape index (κ3) is 3.81. The van der Waals surface area contributed by atoms with Crippen LogP contribution in [-0.2, 0) is 10.0 Å². The summed E-state index contributed by atoms with van der Waals surface area (Å²) in [4.78, 5) is -0.265. The molecule has 0 spiro atoms. The molecule has 1 aromatic rings. The highest BCUT2D eigenvalue weighted by molar-refractivity contribution is 7.89. The van der Waals surface area contributed by atoms with Gasteiger partial charge in [0.2, 0.25) is 10.0 Å². The molecule has 0 radical (unpaired) electrons. The molecule has 1 fully saturated rings. The van der Waals surface area contributed by atoms with E-state index >= 15 is 0 Å². The van der Waals surface area contributed by atoms with Gasteiger partial charge in [0.15, 0.2) is 0 Å². The molecule has 0 aromatic heterocycles. The fourth-order valence-electron chi connectivity index (χ4n) is 3.09. The van der Waals surface area contributed by atoms with E-state index in [4.69, 9.17) is 5.73 Å². The van der Waals surface area contributed by atoms with Gasteiger partial charge < -0.3 is 5.73 Å². The number of hydrogen-bond acceptors (Lipinski definition) is 3. The van der Waals surface area contributed by atoms with Crippen LogP contribution in [0.5, 0.6) is 0 Å². The van der Waals surface area contributed by atoms with E-state index in [1.807, 2.05) is 0 Å². The summed E-state index contributed by atoms with van der Waals surface area (Å²) in [5, 5.41) is 0. The van der Waals surface area contributed by atoms with Crippen molar-refractivity contribution in [2.24, 2.45) is 11.7 Å². The standard InChI is InChI=1S/C15H23FN2O2S/c1-11-6-5-9-13(16)15(11)21(19,20)18-14(10-17)12-7-3-2-4-8-12/h5-6,9,12,14,18H,2-4,7-8,10,17H2,1H3. The first-order valence-electron chi connectivity index (χ1n) is 7.43. The van der Waals surface area contributed by atoms with E-state index in [1.54, 1.807) is 13.0 Å². The van der Waals surface area contributed by atoms with E-state index < -0.39 is 15.8 Å². The second-order valence-electron chi connectivity index (χ2n) is 5.75. The molecule has 1 aliphatic carbocycles. The van der Waals surface area contributed by atoms with Gasteiger partial charge in [0.1, 0.15) is 10.7 Å². The van der Waals surface area contributed by atoms with Crippen molar-refractivity contribution in [1.29, 1.82) is 0 Å². The molecule has 0 saturated heterocycles. The summed E-state index contributed by atoms with van der Waals surface area (Å²) >= 11 is 0. The van der Waals surface area contributed by atoms with Gasteiger partial charge in [0, 0.05) is 12.6 Å². The third-order valence-corrected chi connectivity index (χ3v) is 5.88. The Balaban J connectivity index is 2.23. The van der Waals surface area contributed by atoms with Gasteiger partial charge in [-0.05, 0) is 37.3 Å². The van der Waals surface area contributed by atoms with Gasteiger partial charge in [-0.25, -0.2) is 17.5 Å². The number of nitrogens with one attached hydrogen (secondary N) is 1. The second kappa shape index (κ2) is 6.85. The van der Waals surface area contributed by atoms with Crippen molar-refractivity contribution in [2.75, 3.05) is 6.54 Å². The van der Waals surface area contributed by atoms with Crippen molar-refractivity contribution in [3.8, 4) is 0 Å². The lowest BCUT2D eigenvalue weighted by Gasteiger charge is -2.30. The normalized spacial score (nSPS) is 18.6. The molecule has 21 heavy (non-hydrogen) atoms. The lowest BCUT2D eigenvalue weighted by atomic mass is 9.84. The number of aryl methyl sites for hydroxylation is 1. The first-order chi connectivity index (χ1) is 9.95. The van der Waals surface area contributed by atoms with Crippen molar-refractivity contribution in [3.05, 3.63) is 29.6 Å². The Kier molecular flexibility index (Phi) is 5.35. The molecule has 6 heteroatoms. The molecule has 1 aromatic carbocycles. The van der Waals surface area contributed by atoms with E-state index in [0.717, 1.165) is 25.7 Å². The summed E-state index contributed by atoms with van der Waals surface area (Å²) in [6.07, 6.45) is 5.33. The average Bonchev–Trinajstić information content (AvgIpc) is 2.45. The Labute approximate surface area is 126 Å². The maximum Gasteiger partial charge on any atom is 0.244 e. The molecule has 118 valence electrons. The van der Waals surface area contributed by atoms with Crippen LogP contribution in [0.2, 0.25) is 0 Å². The van der Waals surface area contributed by atoms with Crippen LogP contribution in [0.4, 0.5) is 4.39 Å². The van der Waals surface area contributed by atoms with Crippen LogP contribution >= 0.6 is 0 Å². The van der Waals surface area contributed by atoms with Gasteiger partial charge in [-0.3, -0.25) is 0 Å². The van der Waals surface area contributed by atoms with Gasteiger partial charge in [0.05, 0.1) is 0 Å². The van der Waals surface area contributed by atoms with Crippen molar-refractivity contribution in [1.82, 2.24) is 4.72 Å². The first-order valence-corrected chi connectivity index (χ1v) is 8.91. The Bertz CT molecular complexity index is 563. The Morgan fingerprint density at radius 1 is 1.33 bits per heavy atom. The molecule has 1 atom stereocenters. The predicted molar refractivity (Wildman–Crippen MR) is 80.9 cm³/mol. The lowest BCUT2D eigenvalue weighted by molar-refractivity contribution is 0.294. The smallest absolute Gasteiger partial charge is 0.244 e. The van der Waals surface area contributed by atoms with Gasteiger partial charge in [-0.2, -0.15) is 0 Å². The predicted octanol–water partition coefficient (Wildman–Crippen LogP) is 2.32. The average molecular weight is 314 g/mol. The van der Waals surface area contributed by atoms with Crippen LogP contribution in [0.3, 0.4) is 0 Å². The Morgan fingerprint density at radius 3 is 2.57 bits per heavy atom. The number of hydrogen-bond donors (Lipinski definition) is 2. The zero-order valence-electron chi connectivity index (χ0n) is 12.3. The third-order valence-electron chi connectivity index (χ3n) is 4.21. The molecule has 1 unspecified atom stereocenters. The van der Waals surface area contributed by atoms with E-state index in [1.165, 1.54) is 18.6 Å². The fourth-order valence-corrected chi connectivity index (χ4v) is 4.71. The highest BCUT2D eigenvalue weighted by Crippen LogP contribution is 2.27. The minimum Gasteiger partial charge on any atom is -0.329 e. The van der Waals surface area contributed by atoms with E-state index in [2.05, 4.69) is 4.72 Å². The van der Waals surface area contributed by atoms with Crippen LogP contribution in [0.15, 0.2) is 23.1 Å². The van der Waals surface area contributed by atoms with E-state index in [-0.39, 0.29) is 23.4 Å². The van der Waals surface area contributed by atoms with Crippen molar-refractivity contribution >= 4 is 10.0 Å². The molecule has 0 heterocycles. The van der Waals surface area contributed by atoms with Gasteiger partial charge in [0.25, 0.3) is 0 Å². The number of halogens is 1. The second-order valence-corrected chi connectivity index (χ2v) is 7.40. The van der Waals surface area contributed by atoms with Gasteiger partial charge >= 0.3 is 0 Å². The zero-order valence-corrected chi connectivity index (χ0v) is 13.1. The van der Waals surface area contributed by atoms with Crippen molar-refractivity contribution in [3.63, 3.8) is 0 Å². The summed E-state index contributed by atoms with van der Waals surface area (Å²) in [6.45, 7) is 1.83. The molecule has 3 N–H and O–H groups in total. The molecule has 1 saturated carbocycles. The number of benzene rings is 1. The molecule has 2 rings (SSSR count). The first kappa shape index (κ1) is 16.4. The quantitative estimate of drug-likeness (QED) is 0.876. The minimum absolute atomic E-state index is 0.234.